The summed E-state index contributed by atoms with van der Waals surface area (Å²) < 4.78 is 6.88. The van der Waals surface area contributed by atoms with Gasteiger partial charge in [0.25, 0.3) is 0 Å². The average Bonchev–Trinajstić information content (AvgIpc) is 2.65. The second kappa shape index (κ2) is 4.36. The van der Waals surface area contributed by atoms with Gasteiger partial charge in [0.15, 0.2) is 0 Å². The van der Waals surface area contributed by atoms with Crippen molar-refractivity contribution in [3.63, 3.8) is 0 Å². The topological polar surface area (TPSA) is 27.1 Å². The number of methoxy groups -OCH3 is 1. The number of aromatic nitrogens is 2. The van der Waals surface area contributed by atoms with E-state index in [0.29, 0.717) is 5.02 Å². The minimum Gasteiger partial charge on any atom is -0.497 e. The Morgan fingerprint density at radius 1 is 1.33 bits per heavy atom. The highest BCUT2D eigenvalue weighted by molar-refractivity contribution is 6.30. The molecule has 0 N–H and O–H groups in total. The molecule has 0 radical (unpaired) electrons. The summed E-state index contributed by atoms with van der Waals surface area (Å²) in [5, 5.41) is 4.76. The van der Waals surface area contributed by atoms with Gasteiger partial charge in [0.05, 0.1) is 24.9 Å². The van der Waals surface area contributed by atoms with E-state index in [1.807, 2.05) is 24.3 Å². The van der Waals surface area contributed by atoms with Crippen LogP contribution >= 0.6 is 11.6 Å². The Kier molecular flexibility index (Phi) is 2.92. The van der Waals surface area contributed by atoms with Crippen molar-refractivity contribution in [1.82, 2.24) is 9.78 Å². The van der Waals surface area contributed by atoms with Gasteiger partial charge < -0.3 is 4.74 Å². The van der Waals surface area contributed by atoms with E-state index in [2.05, 4.69) is 5.10 Å². The van der Waals surface area contributed by atoms with Gasteiger partial charge in [-0.25, -0.2) is 0 Å². The van der Waals surface area contributed by atoms with E-state index in [1.54, 1.807) is 24.2 Å². The molecule has 0 aliphatic heterocycles. The highest BCUT2D eigenvalue weighted by Crippen LogP contribution is 2.13. The number of halogens is 1. The molecule has 0 saturated heterocycles. The molecule has 1 aromatic carbocycles. The fraction of sp³-hybridized carbons (Fsp3) is 0.182. The van der Waals surface area contributed by atoms with Gasteiger partial charge in [-0.2, -0.15) is 5.10 Å². The van der Waals surface area contributed by atoms with Crippen LogP contribution in [0.5, 0.6) is 5.75 Å². The van der Waals surface area contributed by atoms with E-state index in [0.717, 1.165) is 17.9 Å². The zero-order valence-corrected chi connectivity index (χ0v) is 9.11. The second-order valence-electron chi connectivity index (χ2n) is 3.20. The molecule has 0 saturated carbocycles. The molecular formula is C11H11ClN2O. The Morgan fingerprint density at radius 3 is 2.60 bits per heavy atom. The molecule has 0 fully saturated rings. The lowest BCUT2D eigenvalue weighted by atomic mass is 10.2. The maximum absolute atomic E-state index is 5.77. The molecule has 4 heteroatoms. The quantitative estimate of drug-likeness (QED) is 0.798. The third-order valence-electron chi connectivity index (χ3n) is 2.11. The summed E-state index contributed by atoms with van der Waals surface area (Å²) in [5.74, 6) is 0.859. The van der Waals surface area contributed by atoms with Crippen LogP contribution in [-0.2, 0) is 6.54 Å². The van der Waals surface area contributed by atoms with Crippen LogP contribution < -0.4 is 4.74 Å². The van der Waals surface area contributed by atoms with E-state index in [4.69, 9.17) is 16.3 Å². The number of benzene rings is 1. The fourth-order valence-electron chi connectivity index (χ4n) is 1.34. The summed E-state index contributed by atoms with van der Waals surface area (Å²) in [6.45, 7) is 0.719. The van der Waals surface area contributed by atoms with E-state index < -0.39 is 0 Å². The van der Waals surface area contributed by atoms with Gasteiger partial charge in [0.1, 0.15) is 5.75 Å². The highest BCUT2D eigenvalue weighted by atomic mass is 35.5. The minimum absolute atomic E-state index is 0.656. The molecule has 0 unspecified atom stereocenters. The van der Waals surface area contributed by atoms with Crippen LogP contribution in [0.15, 0.2) is 36.7 Å². The van der Waals surface area contributed by atoms with Crippen molar-refractivity contribution in [2.75, 3.05) is 7.11 Å². The van der Waals surface area contributed by atoms with Gasteiger partial charge >= 0.3 is 0 Å². The Bertz CT molecular complexity index is 436. The number of ether oxygens (including phenoxy) is 1. The van der Waals surface area contributed by atoms with Crippen LogP contribution in [0.4, 0.5) is 0 Å². The first-order valence-electron chi connectivity index (χ1n) is 4.59. The Morgan fingerprint density at radius 2 is 2.07 bits per heavy atom. The zero-order valence-electron chi connectivity index (χ0n) is 8.35. The third kappa shape index (κ3) is 2.50. The number of hydrogen-bond acceptors (Lipinski definition) is 2. The van der Waals surface area contributed by atoms with Crippen molar-refractivity contribution < 1.29 is 4.74 Å². The summed E-state index contributed by atoms with van der Waals surface area (Å²) in [6.07, 6.45) is 3.43. The summed E-state index contributed by atoms with van der Waals surface area (Å²) in [5.41, 5.74) is 1.16. The lowest BCUT2D eigenvalue weighted by molar-refractivity contribution is 0.414. The number of nitrogens with zero attached hydrogens (tertiary/aromatic N) is 2. The summed E-state index contributed by atoms with van der Waals surface area (Å²) >= 11 is 5.77. The smallest absolute Gasteiger partial charge is 0.118 e. The van der Waals surface area contributed by atoms with Gasteiger partial charge in [0, 0.05) is 6.20 Å². The first-order chi connectivity index (χ1) is 7.28. The van der Waals surface area contributed by atoms with Crippen LogP contribution in [0, 0.1) is 0 Å². The normalized spacial score (nSPS) is 10.3. The molecule has 2 rings (SSSR count). The van der Waals surface area contributed by atoms with E-state index in [-0.39, 0.29) is 0 Å². The Labute approximate surface area is 93.2 Å². The highest BCUT2D eigenvalue weighted by Gasteiger charge is 1.98. The summed E-state index contributed by atoms with van der Waals surface area (Å²) in [4.78, 5) is 0. The van der Waals surface area contributed by atoms with Gasteiger partial charge in [-0.05, 0) is 17.7 Å². The van der Waals surface area contributed by atoms with Crippen LogP contribution in [0.3, 0.4) is 0 Å². The predicted molar refractivity (Wildman–Crippen MR) is 59.3 cm³/mol. The fourth-order valence-corrected chi connectivity index (χ4v) is 1.50. The Balaban J connectivity index is 2.11. The lowest BCUT2D eigenvalue weighted by Crippen LogP contribution is -1.99. The zero-order chi connectivity index (χ0) is 10.7. The van der Waals surface area contributed by atoms with Crippen molar-refractivity contribution in [2.24, 2.45) is 0 Å². The largest absolute Gasteiger partial charge is 0.497 e. The standard InChI is InChI=1S/C11H11ClN2O/c1-15-11-4-2-9(3-5-11)7-14-8-10(12)6-13-14/h2-6,8H,7H2,1H3. The predicted octanol–water partition coefficient (Wildman–Crippen LogP) is 2.59. The van der Waals surface area contributed by atoms with Gasteiger partial charge in [-0.15, -0.1) is 0 Å². The van der Waals surface area contributed by atoms with Crippen molar-refractivity contribution in [3.8, 4) is 5.75 Å². The van der Waals surface area contributed by atoms with E-state index >= 15 is 0 Å². The molecule has 0 aliphatic rings. The minimum atomic E-state index is 0.656. The molecule has 1 aromatic heterocycles. The van der Waals surface area contributed by atoms with Crippen LogP contribution in [0.25, 0.3) is 0 Å². The summed E-state index contributed by atoms with van der Waals surface area (Å²) in [6, 6.07) is 7.88. The first-order valence-corrected chi connectivity index (χ1v) is 4.96. The van der Waals surface area contributed by atoms with Crippen LogP contribution in [-0.4, -0.2) is 16.9 Å². The van der Waals surface area contributed by atoms with E-state index in [9.17, 15) is 0 Å². The number of hydrogen-bond donors (Lipinski definition) is 0. The van der Waals surface area contributed by atoms with Crippen LogP contribution in [0.2, 0.25) is 5.02 Å². The molecule has 0 aliphatic carbocycles. The van der Waals surface area contributed by atoms with Crippen molar-refractivity contribution in [3.05, 3.63) is 47.2 Å². The second-order valence-corrected chi connectivity index (χ2v) is 3.64. The summed E-state index contributed by atoms with van der Waals surface area (Å²) in [7, 11) is 1.66. The molecular weight excluding hydrogens is 212 g/mol. The maximum atomic E-state index is 5.77. The molecule has 1 heterocycles. The molecule has 3 nitrogen and oxygen atoms in total. The molecule has 78 valence electrons. The van der Waals surface area contributed by atoms with E-state index in [1.165, 1.54) is 0 Å². The molecule has 0 atom stereocenters. The van der Waals surface area contributed by atoms with Crippen molar-refractivity contribution >= 4 is 11.6 Å². The van der Waals surface area contributed by atoms with Gasteiger partial charge in [0.2, 0.25) is 0 Å². The Hall–Kier alpha value is -1.48. The molecule has 0 amide bonds. The third-order valence-corrected chi connectivity index (χ3v) is 2.30. The number of rotatable bonds is 3. The van der Waals surface area contributed by atoms with Crippen molar-refractivity contribution in [1.29, 1.82) is 0 Å². The molecule has 2 aromatic rings. The molecule has 0 bridgehead atoms. The van der Waals surface area contributed by atoms with Gasteiger partial charge in [-0.1, -0.05) is 23.7 Å². The SMILES string of the molecule is COc1ccc(Cn2cc(Cl)cn2)cc1. The van der Waals surface area contributed by atoms with Gasteiger partial charge in [-0.3, -0.25) is 4.68 Å². The monoisotopic (exact) mass is 222 g/mol. The van der Waals surface area contributed by atoms with Crippen LogP contribution in [0.1, 0.15) is 5.56 Å². The van der Waals surface area contributed by atoms with Crippen molar-refractivity contribution in [2.45, 2.75) is 6.54 Å². The average molecular weight is 223 g/mol. The lowest BCUT2D eigenvalue weighted by Gasteiger charge is -2.03. The molecule has 15 heavy (non-hydrogen) atoms. The first kappa shape index (κ1) is 10.1. The maximum Gasteiger partial charge on any atom is 0.118 e. The molecule has 0 spiro atoms.